The first kappa shape index (κ1) is 8.01. The number of rotatable bonds is 2. The molecule has 0 radical (unpaired) electrons. The Bertz CT molecular complexity index is 224. The van der Waals surface area contributed by atoms with Crippen LogP contribution < -0.4 is 0 Å². The topological polar surface area (TPSA) is 40.5 Å². The van der Waals surface area contributed by atoms with Crippen molar-refractivity contribution >= 4 is 0 Å². The molecule has 4 rings (SSSR count). The Labute approximate surface area is 78.3 Å². The second-order valence-electron chi connectivity index (χ2n) is 4.80. The first-order chi connectivity index (χ1) is 6.36. The number of aliphatic hydroxyl groups is 2. The van der Waals surface area contributed by atoms with Crippen LogP contribution in [0.25, 0.3) is 0 Å². The van der Waals surface area contributed by atoms with Crippen LogP contribution >= 0.6 is 0 Å². The highest BCUT2D eigenvalue weighted by molar-refractivity contribution is 5.20. The summed E-state index contributed by atoms with van der Waals surface area (Å²) in [4.78, 5) is 0. The first-order valence-corrected chi connectivity index (χ1v) is 5.27. The molecular weight excluding hydrogens is 164 g/mol. The van der Waals surface area contributed by atoms with Gasteiger partial charge in [-0.1, -0.05) is 12.2 Å². The summed E-state index contributed by atoms with van der Waals surface area (Å²) >= 11 is 0. The molecule has 0 aromatic heterocycles. The molecular formula is C11H16O2. The second kappa shape index (κ2) is 2.58. The van der Waals surface area contributed by atoms with Crippen LogP contribution in [-0.2, 0) is 0 Å². The molecule has 2 saturated carbocycles. The number of allylic oxidation sites excluding steroid dienone is 2. The third-order valence-electron chi connectivity index (χ3n) is 4.40. The van der Waals surface area contributed by atoms with E-state index in [1.807, 2.05) is 0 Å². The second-order valence-corrected chi connectivity index (χ2v) is 4.80. The van der Waals surface area contributed by atoms with Gasteiger partial charge >= 0.3 is 0 Å². The fourth-order valence-corrected chi connectivity index (χ4v) is 3.67. The van der Waals surface area contributed by atoms with E-state index in [2.05, 4.69) is 12.2 Å². The largest absolute Gasteiger partial charge is 0.396 e. The van der Waals surface area contributed by atoms with Crippen LogP contribution in [0.2, 0.25) is 0 Å². The summed E-state index contributed by atoms with van der Waals surface area (Å²) in [5.41, 5.74) is 0. The molecule has 0 amide bonds. The Morgan fingerprint density at radius 3 is 1.77 bits per heavy atom. The third-order valence-corrected chi connectivity index (χ3v) is 4.40. The van der Waals surface area contributed by atoms with E-state index in [4.69, 9.17) is 0 Å². The van der Waals surface area contributed by atoms with Crippen LogP contribution in [0.5, 0.6) is 0 Å². The van der Waals surface area contributed by atoms with Gasteiger partial charge in [0.1, 0.15) is 0 Å². The molecule has 6 atom stereocenters. The Morgan fingerprint density at radius 2 is 1.38 bits per heavy atom. The Balaban J connectivity index is 1.93. The molecule has 0 aromatic carbocycles. The fourth-order valence-electron chi connectivity index (χ4n) is 3.67. The summed E-state index contributed by atoms with van der Waals surface area (Å²) in [6.07, 6.45) is 5.90. The number of fused-ring (bicyclic) bond motifs is 1. The summed E-state index contributed by atoms with van der Waals surface area (Å²) in [7, 11) is 0. The third kappa shape index (κ3) is 0.906. The van der Waals surface area contributed by atoms with Crippen molar-refractivity contribution < 1.29 is 10.2 Å². The van der Waals surface area contributed by atoms with E-state index in [-0.39, 0.29) is 13.2 Å². The molecule has 0 heterocycles. The van der Waals surface area contributed by atoms with E-state index in [1.54, 1.807) is 0 Å². The highest BCUT2D eigenvalue weighted by atomic mass is 16.3. The fraction of sp³-hybridized carbons (Fsp3) is 0.818. The lowest BCUT2D eigenvalue weighted by Crippen LogP contribution is -2.42. The molecule has 0 spiro atoms. The summed E-state index contributed by atoms with van der Waals surface area (Å²) in [5, 5.41) is 18.6. The van der Waals surface area contributed by atoms with Gasteiger partial charge in [-0.25, -0.2) is 0 Å². The maximum Gasteiger partial charge on any atom is 0.0468 e. The number of aliphatic hydroxyl groups excluding tert-OH is 2. The lowest BCUT2D eigenvalue weighted by Gasteiger charge is -2.43. The van der Waals surface area contributed by atoms with Crippen molar-refractivity contribution in [1.82, 2.24) is 0 Å². The highest BCUT2D eigenvalue weighted by Crippen LogP contribution is 2.63. The van der Waals surface area contributed by atoms with E-state index < -0.39 is 0 Å². The van der Waals surface area contributed by atoms with E-state index >= 15 is 0 Å². The quantitative estimate of drug-likeness (QED) is 0.613. The van der Waals surface area contributed by atoms with Gasteiger partial charge in [-0.2, -0.15) is 0 Å². The Morgan fingerprint density at radius 1 is 0.923 bits per heavy atom. The molecule has 2 heteroatoms. The summed E-state index contributed by atoms with van der Waals surface area (Å²) < 4.78 is 0. The molecule has 4 aliphatic rings. The smallest absolute Gasteiger partial charge is 0.0468 e. The van der Waals surface area contributed by atoms with Gasteiger partial charge < -0.3 is 10.2 Å². The van der Waals surface area contributed by atoms with Crippen LogP contribution in [0.15, 0.2) is 12.2 Å². The summed E-state index contributed by atoms with van der Waals surface area (Å²) in [6, 6.07) is 0. The minimum atomic E-state index is 0.250. The lowest BCUT2D eigenvalue weighted by atomic mass is 9.63. The molecule has 0 aliphatic heterocycles. The van der Waals surface area contributed by atoms with Gasteiger partial charge in [0.05, 0.1) is 0 Å². The van der Waals surface area contributed by atoms with Gasteiger partial charge in [0.2, 0.25) is 0 Å². The van der Waals surface area contributed by atoms with Crippen LogP contribution in [-0.4, -0.2) is 23.4 Å². The van der Waals surface area contributed by atoms with Crippen LogP contribution in [0.1, 0.15) is 6.42 Å². The van der Waals surface area contributed by atoms with Crippen molar-refractivity contribution in [2.45, 2.75) is 6.42 Å². The predicted octanol–water partition coefficient (Wildman–Crippen LogP) is 0.655. The summed E-state index contributed by atoms with van der Waals surface area (Å²) in [5.74, 6) is 3.49. The maximum atomic E-state index is 9.31. The standard InChI is InChI=1S/C11H16O2/c12-4-10-6-1-2-7(11(10)5-13)9-3-8(6)9/h1-2,6-13H,3-5H2/t6-,7-,8+,9+,10-,11+/m0/s1. The first-order valence-electron chi connectivity index (χ1n) is 5.27. The maximum absolute atomic E-state index is 9.31. The highest BCUT2D eigenvalue weighted by Gasteiger charge is 2.58. The molecule has 2 N–H and O–H groups in total. The van der Waals surface area contributed by atoms with E-state index in [0.717, 1.165) is 11.8 Å². The zero-order valence-electron chi connectivity index (χ0n) is 7.63. The normalized spacial score (nSPS) is 56.5. The summed E-state index contributed by atoms with van der Waals surface area (Å²) in [6.45, 7) is 0.500. The van der Waals surface area contributed by atoms with Gasteiger partial charge in [0, 0.05) is 13.2 Å². The minimum absolute atomic E-state index is 0.250. The number of hydrogen-bond acceptors (Lipinski definition) is 2. The molecule has 0 unspecified atom stereocenters. The van der Waals surface area contributed by atoms with Crippen molar-refractivity contribution in [3.63, 3.8) is 0 Å². The molecule has 2 nitrogen and oxygen atoms in total. The predicted molar refractivity (Wildman–Crippen MR) is 48.9 cm³/mol. The molecule has 13 heavy (non-hydrogen) atoms. The monoisotopic (exact) mass is 180 g/mol. The van der Waals surface area contributed by atoms with Gasteiger partial charge in [-0.15, -0.1) is 0 Å². The van der Waals surface area contributed by atoms with Crippen molar-refractivity contribution in [3.05, 3.63) is 12.2 Å². The van der Waals surface area contributed by atoms with Gasteiger partial charge in [0.25, 0.3) is 0 Å². The average molecular weight is 180 g/mol. The number of hydrogen-bond donors (Lipinski definition) is 2. The zero-order chi connectivity index (χ0) is 9.00. The zero-order valence-corrected chi connectivity index (χ0v) is 7.63. The molecule has 0 aromatic rings. The van der Waals surface area contributed by atoms with Gasteiger partial charge in [0.15, 0.2) is 0 Å². The van der Waals surface area contributed by atoms with Gasteiger partial charge in [-0.05, 0) is 41.9 Å². The Kier molecular flexibility index (Phi) is 1.59. The van der Waals surface area contributed by atoms with Crippen LogP contribution in [0, 0.1) is 35.5 Å². The van der Waals surface area contributed by atoms with Gasteiger partial charge in [-0.3, -0.25) is 0 Å². The van der Waals surface area contributed by atoms with Crippen molar-refractivity contribution in [2.24, 2.45) is 35.5 Å². The molecule has 0 saturated heterocycles. The Hall–Kier alpha value is -0.340. The van der Waals surface area contributed by atoms with Crippen LogP contribution in [0.3, 0.4) is 0 Å². The molecule has 2 fully saturated rings. The molecule has 72 valence electrons. The van der Waals surface area contributed by atoms with Crippen LogP contribution in [0.4, 0.5) is 0 Å². The lowest BCUT2D eigenvalue weighted by molar-refractivity contribution is 0.0207. The average Bonchev–Trinajstić information content (AvgIpc) is 2.97. The van der Waals surface area contributed by atoms with Crippen molar-refractivity contribution in [1.29, 1.82) is 0 Å². The van der Waals surface area contributed by atoms with E-state index in [0.29, 0.717) is 23.7 Å². The SMILES string of the molecule is OC[C@@H]1[C@H]2C=C[C@@H]([C@H]3C[C@H]23)[C@@H]1CO. The van der Waals surface area contributed by atoms with E-state index in [1.165, 1.54) is 6.42 Å². The van der Waals surface area contributed by atoms with Crippen molar-refractivity contribution in [2.75, 3.05) is 13.2 Å². The molecule has 2 bridgehead atoms. The van der Waals surface area contributed by atoms with E-state index in [9.17, 15) is 10.2 Å². The van der Waals surface area contributed by atoms with Crippen molar-refractivity contribution in [3.8, 4) is 0 Å². The minimum Gasteiger partial charge on any atom is -0.396 e. The molecule has 4 aliphatic carbocycles.